The number of nitrogens with one attached hydrogen (secondary N) is 2. The lowest BCUT2D eigenvalue weighted by Gasteiger charge is -2.24. The summed E-state index contributed by atoms with van der Waals surface area (Å²) in [4.78, 5) is 25.2. The lowest BCUT2D eigenvalue weighted by Crippen LogP contribution is -2.39. The Labute approximate surface area is 135 Å². The highest BCUT2D eigenvalue weighted by molar-refractivity contribution is 5.95. The second-order valence-corrected chi connectivity index (χ2v) is 5.74. The number of amides is 3. The van der Waals surface area contributed by atoms with Gasteiger partial charge in [-0.3, -0.25) is 4.79 Å². The molecule has 0 saturated carbocycles. The van der Waals surface area contributed by atoms with Gasteiger partial charge in [0.05, 0.1) is 0 Å². The van der Waals surface area contributed by atoms with Crippen molar-refractivity contribution in [2.24, 2.45) is 5.73 Å². The van der Waals surface area contributed by atoms with E-state index in [9.17, 15) is 9.59 Å². The third-order valence-corrected chi connectivity index (χ3v) is 4.21. The van der Waals surface area contributed by atoms with E-state index >= 15 is 0 Å². The van der Waals surface area contributed by atoms with Gasteiger partial charge in [-0.25, -0.2) is 4.79 Å². The number of benzene rings is 1. The molecule has 22 heavy (non-hydrogen) atoms. The van der Waals surface area contributed by atoms with Crippen molar-refractivity contribution in [3.63, 3.8) is 0 Å². The van der Waals surface area contributed by atoms with Crippen LogP contribution in [0.3, 0.4) is 0 Å². The molecule has 0 spiro atoms. The zero-order chi connectivity index (χ0) is 14.8. The van der Waals surface area contributed by atoms with Gasteiger partial charge in [0.15, 0.2) is 0 Å². The zero-order valence-corrected chi connectivity index (χ0v) is 13.1. The highest BCUT2D eigenvalue weighted by Gasteiger charge is 2.31. The first-order chi connectivity index (χ1) is 10.1. The van der Waals surface area contributed by atoms with Crippen LogP contribution < -0.4 is 16.4 Å². The van der Waals surface area contributed by atoms with Crippen LogP contribution in [-0.4, -0.2) is 42.0 Å². The lowest BCUT2D eigenvalue weighted by molar-refractivity contribution is 0.0748. The third kappa shape index (κ3) is 3.69. The Balaban J connectivity index is 0.00000176. The van der Waals surface area contributed by atoms with Crippen LogP contribution in [0.1, 0.15) is 29.6 Å². The summed E-state index contributed by atoms with van der Waals surface area (Å²) >= 11 is 0. The Morgan fingerprint density at radius 1 is 1.14 bits per heavy atom. The van der Waals surface area contributed by atoms with Gasteiger partial charge in [0, 0.05) is 36.4 Å². The molecular weight excluding hydrogens is 304 g/mol. The van der Waals surface area contributed by atoms with Crippen LogP contribution in [-0.2, 0) is 0 Å². The number of likely N-dealkylation sites (tertiary alicyclic amines) is 1. The molecule has 3 amide bonds. The number of nitrogens with zero attached hydrogens (tertiary/aromatic N) is 1. The van der Waals surface area contributed by atoms with Gasteiger partial charge in [-0.05, 0) is 43.5 Å². The largest absolute Gasteiger partial charge is 0.351 e. The average molecular weight is 325 g/mol. The molecule has 2 aliphatic rings. The van der Waals surface area contributed by atoms with E-state index in [1.807, 2.05) is 4.90 Å². The Hall–Kier alpha value is -1.79. The number of halogens is 1. The summed E-state index contributed by atoms with van der Waals surface area (Å²) in [6, 6.07) is 7.23. The molecule has 2 atom stereocenters. The molecule has 6 nitrogen and oxygen atoms in total. The topological polar surface area (TPSA) is 87.5 Å². The third-order valence-electron chi connectivity index (χ3n) is 4.21. The Kier molecular flexibility index (Phi) is 5.26. The van der Waals surface area contributed by atoms with Crippen molar-refractivity contribution in [3.8, 4) is 0 Å². The molecule has 1 aromatic rings. The van der Waals surface area contributed by atoms with Gasteiger partial charge in [-0.15, -0.1) is 12.4 Å². The predicted molar refractivity (Wildman–Crippen MR) is 87.4 cm³/mol. The van der Waals surface area contributed by atoms with Gasteiger partial charge in [0.1, 0.15) is 0 Å². The highest BCUT2D eigenvalue weighted by Crippen LogP contribution is 2.22. The Bertz CT molecular complexity index is 549. The molecule has 4 N–H and O–H groups in total. The smallest absolute Gasteiger partial charge is 0.316 e. The van der Waals surface area contributed by atoms with E-state index in [2.05, 4.69) is 10.6 Å². The Morgan fingerprint density at radius 3 is 2.50 bits per heavy atom. The second-order valence-electron chi connectivity index (χ2n) is 5.74. The lowest BCUT2D eigenvalue weighted by atomic mass is 10.1. The van der Waals surface area contributed by atoms with Gasteiger partial charge in [0.2, 0.25) is 0 Å². The van der Waals surface area contributed by atoms with Crippen molar-refractivity contribution < 1.29 is 9.59 Å². The first kappa shape index (κ1) is 16.6. The van der Waals surface area contributed by atoms with Crippen molar-refractivity contribution in [2.45, 2.75) is 31.3 Å². The standard InChI is InChI=1S/C15H20N4O2.ClH/c16-15(21)18-11-3-1-10(2-4-11)14(20)19-8-7-12-5-6-13(9-19)17-12;/h1-4,12-13,17H,5-9H2,(H3,16,18,21);1H. The van der Waals surface area contributed by atoms with E-state index in [1.165, 1.54) is 6.42 Å². The van der Waals surface area contributed by atoms with Crippen molar-refractivity contribution in [3.05, 3.63) is 29.8 Å². The molecule has 0 aliphatic carbocycles. The number of carbonyl (C=O) groups excluding carboxylic acids is 2. The molecule has 2 unspecified atom stereocenters. The van der Waals surface area contributed by atoms with Crippen LogP contribution in [0.2, 0.25) is 0 Å². The monoisotopic (exact) mass is 324 g/mol. The van der Waals surface area contributed by atoms with E-state index in [0.29, 0.717) is 23.3 Å². The van der Waals surface area contributed by atoms with Crippen LogP contribution in [0.4, 0.5) is 10.5 Å². The first-order valence-electron chi connectivity index (χ1n) is 7.33. The van der Waals surface area contributed by atoms with E-state index < -0.39 is 6.03 Å². The number of hydrogen-bond acceptors (Lipinski definition) is 3. The first-order valence-corrected chi connectivity index (χ1v) is 7.33. The summed E-state index contributed by atoms with van der Waals surface area (Å²) in [5.41, 5.74) is 6.29. The number of hydrogen-bond donors (Lipinski definition) is 3. The molecule has 0 aromatic heterocycles. The summed E-state index contributed by atoms with van der Waals surface area (Å²) in [6.07, 6.45) is 3.39. The molecule has 2 aliphatic heterocycles. The highest BCUT2D eigenvalue weighted by atomic mass is 35.5. The minimum absolute atomic E-state index is 0. The molecule has 7 heteroatoms. The minimum atomic E-state index is -0.608. The van der Waals surface area contributed by atoms with Crippen LogP contribution in [0.5, 0.6) is 0 Å². The predicted octanol–water partition coefficient (Wildman–Crippen LogP) is 1.57. The molecule has 2 bridgehead atoms. The fourth-order valence-corrected chi connectivity index (χ4v) is 3.15. The number of fused-ring (bicyclic) bond motifs is 2. The Morgan fingerprint density at radius 2 is 1.82 bits per heavy atom. The second kappa shape index (κ2) is 6.98. The number of rotatable bonds is 2. The molecule has 2 fully saturated rings. The van der Waals surface area contributed by atoms with Gasteiger partial charge in [-0.1, -0.05) is 0 Å². The van der Waals surface area contributed by atoms with Gasteiger partial charge < -0.3 is 21.3 Å². The van der Waals surface area contributed by atoms with Crippen LogP contribution >= 0.6 is 12.4 Å². The van der Waals surface area contributed by atoms with Crippen LogP contribution in [0.25, 0.3) is 0 Å². The summed E-state index contributed by atoms with van der Waals surface area (Å²) in [7, 11) is 0. The van der Waals surface area contributed by atoms with E-state index in [4.69, 9.17) is 5.73 Å². The number of urea groups is 1. The summed E-state index contributed by atoms with van der Waals surface area (Å²) in [5.74, 6) is 0.0509. The quantitative estimate of drug-likeness (QED) is 0.771. The van der Waals surface area contributed by atoms with E-state index in [-0.39, 0.29) is 18.3 Å². The number of nitrogens with two attached hydrogens (primary N) is 1. The van der Waals surface area contributed by atoms with Crippen LogP contribution in [0.15, 0.2) is 24.3 Å². The van der Waals surface area contributed by atoms with Gasteiger partial charge in [0.25, 0.3) is 5.91 Å². The molecule has 0 radical (unpaired) electrons. The van der Waals surface area contributed by atoms with Crippen molar-refractivity contribution in [1.82, 2.24) is 10.2 Å². The maximum atomic E-state index is 12.5. The van der Waals surface area contributed by atoms with Crippen molar-refractivity contribution >= 4 is 30.0 Å². The maximum Gasteiger partial charge on any atom is 0.316 e. The summed E-state index contributed by atoms with van der Waals surface area (Å²) in [5, 5.41) is 6.05. The molecule has 2 saturated heterocycles. The van der Waals surface area contributed by atoms with Gasteiger partial charge in [-0.2, -0.15) is 0 Å². The number of primary amides is 1. The minimum Gasteiger partial charge on any atom is -0.351 e. The molecule has 1 aromatic carbocycles. The zero-order valence-electron chi connectivity index (χ0n) is 12.2. The SMILES string of the molecule is Cl.NC(=O)Nc1ccc(C(=O)N2CCC3CCC(C2)N3)cc1. The van der Waals surface area contributed by atoms with E-state index in [1.54, 1.807) is 24.3 Å². The average Bonchev–Trinajstić information content (AvgIpc) is 2.78. The number of anilines is 1. The normalized spacial score (nSPS) is 23.4. The van der Waals surface area contributed by atoms with E-state index in [0.717, 1.165) is 25.9 Å². The van der Waals surface area contributed by atoms with Gasteiger partial charge >= 0.3 is 6.03 Å². The fourth-order valence-electron chi connectivity index (χ4n) is 3.15. The maximum absolute atomic E-state index is 12.5. The molecule has 2 heterocycles. The summed E-state index contributed by atoms with van der Waals surface area (Å²) < 4.78 is 0. The fraction of sp³-hybridized carbons (Fsp3) is 0.467. The van der Waals surface area contributed by atoms with Crippen LogP contribution in [0, 0.1) is 0 Å². The van der Waals surface area contributed by atoms with Crippen molar-refractivity contribution in [2.75, 3.05) is 18.4 Å². The molecule has 3 rings (SSSR count). The summed E-state index contributed by atoms with van der Waals surface area (Å²) in [6.45, 7) is 1.57. The molecule has 120 valence electrons. The molecular formula is C15H21ClN4O2. The van der Waals surface area contributed by atoms with Crippen molar-refractivity contribution in [1.29, 1.82) is 0 Å². The number of carbonyl (C=O) groups is 2.